The first kappa shape index (κ1) is 24.4. The molecule has 0 atom stereocenters. The largest absolute Gasteiger partial charge is 0.450 e. The Morgan fingerprint density at radius 2 is 1.64 bits per heavy atom. The summed E-state index contributed by atoms with van der Waals surface area (Å²) in [7, 11) is -3.64. The van der Waals surface area contributed by atoms with Gasteiger partial charge in [0.15, 0.2) is 11.5 Å². The number of fused-ring (bicyclic) bond motifs is 1. The summed E-state index contributed by atoms with van der Waals surface area (Å²) < 4.78 is 34.0. The number of nitrogens with zero attached hydrogens (tertiary/aromatic N) is 1. The van der Waals surface area contributed by atoms with Gasteiger partial charge in [0.2, 0.25) is 15.8 Å². The van der Waals surface area contributed by atoms with Crippen LogP contribution in [0, 0.1) is 0 Å². The third-order valence-corrected chi connectivity index (χ3v) is 8.62. The zero-order valence-electron chi connectivity index (χ0n) is 19.2. The maximum absolute atomic E-state index is 13.2. The Hall–Kier alpha value is -3.27. The highest BCUT2D eigenvalue weighted by molar-refractivity contribution is 9.10. The lowest BCUT2D eigenvalue weighted by atomic mass is 10.1. The van der Waals surface area contributed by atoms with Gasteiger partial charge >= 0.3 is 0 Å². The van der Waals surface area contributed by atoms with Crippen molar-refractivity contribution in [1.29, 1.82) is 0 Å². The number of benzene rings is 3. The molecule has 0 unspecified atom stereocenters. The minimum absolute atomic E-state index is 0.107. The molecule has 184 valence electrons. The molecule has 1 saturated heterocycles. The molecule has 1 N–H and O–H groups in total. The number of Topliss-reactive ketones (excluding diaryl/α,β-unsaturated/α-hetero) is 1. The lowest BCUT2D eigenvalue weighted by Crippen LogP contribution is -2.28. The van der Waals surface area contributed by atoms with E-state index in [-0.39, 0.29) is 34.3 Å². The summed E-state index contributed by atoms with van der Waals surface area (Å²) in [5.41, 5.74) is 1.67. The zero-order chi connectivity index (χ0) is 25.3. The van der Waals surface area contributed by atoms with Gasteiger partial charge < -0.3 is 9.73 Å². The van der Waals surface area contributed by atoms with Crippen molar-refractivity contribution >= 4 is 54.2 Å². The first-order valence-corrected chi connectivity index (χ1v) is 13.8. The monoisotopic (exact) mass is 566 g/mol. The molecule has 2 heterocycles. The van der Waals surface area contributed by atoms with Gasteiger partial charge in [-0.15, -0.1) is 0 Å². The lowest BCUT2D eigenvalue weighted by molar-refractivity contribution is 0.0997. The predicted octanol–water partition coefficient (Wildman–Crippen LogP) is 5.51. The van der Waals surface area contributed by atoms with Crippen LogP contribution in [0.5, 0.6) is 0 Å². The number of halogens is 1. The molecule has 0 bridgehead atoms. The number of anilines is 1. The van der Waals surface area contributed by atoms with E-state index in [1.54, 1.807) is 48.5 Å². The number of nitrogens with one attached hydrogen (secondary N) is 1. The van der Waals surface area contributed by atoms with Crippen molar-refractivity contribution in [3.63, 3.8) is 0 Å². The topological polar surface area (TPSA) is 96.7 Å². The zero-order valence-corrected chi connectivity index (χ0v) is 21.6. The highest BCUT2D eigenvalue weighted by Crippen LogP contribution is 2.33. The van der Waals surface area contributed by atoms with Crippen LogP contribution in [0.3, 0.4) is 0 Å². The predicted molar refractivity (Wildman–Crippen MR) is 141 cm³/mol. The van der Waals surface area contributed by atoms with Crippen LogP contribution in [-0.2, 0) is 10.0 Å². The van der Waals surface area contributed by atoms with Gasteiger partial charge in [-0.3, -0.25) is 9.59 Å². The van der Waals surface area contributed by atoms with Crippen molar-refractivity contribution in [3.8, 4) is 0 Å². The van der Waals surface area contributed by atoms with Crippen LogP contribution in [0.4, 0.5) is 5.69 Å². The molecule has 0 aliphatic carbocycles. The standard InChI is InChI=1S/C27H23BrN2O5S/c28-20-12-10-18(11-13-20)26(32)27-25(22-8-1-2-9-24(22)35-27)29-17-23(31)19-6-5-7-21(16-19)36(33,34)30-14-3-4-15-30/h1-2,5-13,16,29H,3-4,14-15,17H2. The molecule has 0 saturated carbocycles. The third kappa shape index (κ3) is 4.74. The number of hydrogen-bond donors (Lipinski definition) is 1. The Bertz CT molecular complexity index is 1550. The molecule has 1 aliphatic heterocycles. The molecule has 0 spiro atoms. The van der Waals surface area contributed by atoms with E-state index < -0.39 is 10.0 Å². The highest BCUT2D eigenvalue weighted by atomic mass is 79.9. The molecule has 0 amide bonds. The molecule has 3 aromatic carbocycles. The molecule has 9 heteroatoms. The second-order valence-electron chi connectivity index (χ2n) is 8.55. The van der Waals surface area contributed by atoms with E-state index in [0.29, 0.717) is 35.3 Å². The van der Waals surface area contributed by atoms with Crippen molar-refractivity contribution in [3.05, 3.63) is 94.2 Å². The smallest absolute Gasteiger partial charge is 0.243 e. The van der Waals surface area contributed by atoms with Crippen molar-refractivity contribution in [2.24, 2.45) is 0 Å². The molecule has 0 radical (unpaired) electrons. The average molecular weight is 567 g/mol. The van der Waals surface area contributed by atoms with Crippen LogP contribution in [0.25, 0.3) is 11.0 Å². The van der Waals surface area contributed by atoms with E-state index in [1.165, 1.54) is 16.4 Å². The summed E-state index contributed by atoms with van der Waals surface area (Å²) in [6, 6.07) is 20.2. The summed E-state index contributed by atoms with van der Waals surface area (Å²) in [5, 5.41) is 3.75. The Morgan fingerprint density at radius 3 is 2.39 bits per heavy atom. The van der Waals surface area contributed by atoms with Crippen molar-refractivity contribution in [1.82, 2.24) is 4.31 Å². The second kappa shape index (κ2) is 10.0. The first-order valence-electron chi connectivity index (χ1n) is 11.5. The number of ketones is 2. The minimum atomic E-state index is -3.64. The highest BCUT2D eigenvalue weighted by Gasteiger charge is 2.28. The van der Waals surface area contributed by atoms with Gasteiger partial charge in [-0.1, -0.05) is 40.2 Å². The van der Waals surface area contributed by atoms with Gasteiger partial charge in [0.1, 0.15) is 5.58 Å². The van der Waals surface area contributed by atoms with Crippen molar-refractivity contribution in [2.75, 3.05) is 25.0 Å². The number of rotatable bonds is 8. The van der Waals surface area contributed by atoms with Crippen molar-refractivity contribution < 1.29 is 22.4 Å². The lowest BCUT2D eigenvalue weighted by Gasteiger charge is -2.16. The van der Waals surface area contributed by atoms with Crippen LogP contribution >= 0.6 is 15.9 Å². The number of carbonyl (C=O) groups is 2. The van der Waals surface area contributed by atoms with Gasteiger partial charge in [0.25, 0.3) is 0 Å². The summed E-state index contributed by atoms with van der Waals surface area (Å²) in [4.78, 5) is 26.4. The molecule has 7 nitrogen and oxygen atoms in total. The summed E-state index contributed by atoms with van der Waals surface area (Å²) in [6.45, 7) is 0.840. The molecule has 5 rings (SSSR count). The molecular formula is C27H23BrN2O5S. The third-order valence-electron chi connectivity index (χ3n) is 6.19. The number of sulfonamides is 1. The fraction of sp³-hybridized carbons (Fsp3) is 0.185. The molecule has 4 aromatic rings. The average Bonchev–Trinajstić information content (AvgIpc) is 3.56. The van der Waals surface area contributed by atoms with E-state index in [0.717, 1.165) is 17.3 Å². The van der Waals surface area contributed by atoms with Gasteiger partial charge in [0, 0.05) is 34.1 Å². The fourth-order valence-electron chi connectivity index (χ4n) is 4.29. The summed E-state index contributed by atoms with van der Waals surface area (Å²) in [5.74, 6) is -0.509. The van der Waals surface area contributed by atoms with Gasteiger partial charge in [-0.25, -0.2) is 8.42 Å². The van der Waals surface area contributed by atoms with E-state index in [2.05, 4.69) is 21.2 Å². The fourth-order valence-corrected chi connectivity index (χ4v) is 6.12. The Kier molecular flexibility index (Phi) is 6.79. The minimum Gasteiger partial charge on any atom is -0.450 e. The normalized spacial score (nSPS) is 14.2. The van der Waals surface area contributed by atoms with Crippen LogP contribution in [0.1, 0.15) is 39.3 Å². The van der Waals surface area contributed by atoms with E-state index in [9.17, 15) is 18.0 Å². The van der Waals surface area contributed by atoms with Gasteiger partial charge in [-0.2, -0.15) is 4.31 Å². The maximum Gasteiger partial charge on any atom is 0.243 e. The number of carbonyl (C=O) groups excluding carboxylic acids is 2. The molecule has 1 aliphatic rings. The molecule has 36 heavy (non-hydrogen) atoms. The Labute approximate surface area is 217 Å². The summed E-state index contributed by atoms with van der Waals surface area (Å²) in [6.07, 6.45) is 1.67. The Morgan fingerprint density at radius 1 is 0.917 bits per heavy atom. The SMILES string of the molecule is O=C(CNc1c(C(=O)c2ccc(Br)cc2)oc2ccccc12)c1cccc(S(=O)(=O)N2CCCC2)c1. The molecule has 1 fully saturated rings. The van der Waals surface area contributed by atoms with Gasteiger partial charge in [0.05, 0.1) is 17.1 Å². The van der Waals surface area contributed by atoms with Crippen molar-refractivity contribution in [2.45, 2.75) is 17.7 Å². The number of hydrogen-bond acceptors (Lipinski definition) is 6. The van der Waals surface area contributed by atoms with E-state index in [1.807, 2.05) is 12.1 Å². The Balaban J connectivity index is 1.41. The first-order chi connectivity index (χ1) is 17.3. The van der Waals surface area contributed by atoms with Crippen LogP contribution in [0.2, 0.25) is 0 Å². The number of furan rings is 1. The second-order valence-corrected chi connectivity index (χ2v) is 11.4. The maximum atomic E-state index is 13.2. The van der Waals surface area contributed by atoms with E-state index >= 15 is 0 Å². The molecular weight excluding hydrogens is 544 g/mol. The number of para-hydroxylation sites is 1. The molecule has 1 aromatic heterocycles. The van der Waals surface area contributed by atoms with Crippen LogP contribution in [0.15, 0.2) is 86.6 Å². The quantitative estimate of drug-likeness (QED) is 0.282. The van der Waals surface area contributed by atoms with Crippen LogP contribution < -0.4 is 5.32 Å². The summed E-state index contributed by atoms with van der Waals surface area (Å²) >= 11 is 3.37. The van der Waals surface area contributed by atoms with Crippen LogP contribution in [-0.4, -0.2) is 43.9 Å². The van der Waals surface area contributed by atoms with E-state index in [4.69, 9.17) is 4.42 Å². The van der Waals surface area contributed by atoms with Gasteiger partial charge in [-0.05, 0) is 61.4 Å².